The Morgan fingerprint density at radius 1 is 0.524 bits per heavy atom. The van der Waals surface area contributed by atoms with Crippen molar-refractivity contribution in [3.8, 4) is 11.5 Å². The monoisotopic (exact) mass is 599 g/mol. The lowest BCUT2D eigenvalue weighted by Gasteiger charge is -2.37. The van der Waals surface area contributed by atoms with Crippen LogP contribution in [0.2, 0.25) is 0 Å². The normalized spacial score (nSPS) is 12.6. The van der Waals surface area contributed by atoms with Crippen molar-refractivity contribution >= 4 is 5.69 Å². The van der Waals surface area contributed by atoms with Crippen LogP contribution in [0.3, 0.4) is 0 Å². The zero-order valence-electron chi connectivity index (χ0n) is 21.4. The average Bonchev–Trinajstić information content (AvgIpc) is 2.90. The summed E-state index contributed by atoms with van der Waals surface area (Å²) in [6.45, 7) is -0.242. The molecule has 0 fully saturated rings. The van der Waals surface area contributed by atoms with Gasteiger partial charge in [-0.15, -0.1) is 26.3 Å². The number of ether oxygens (including phenoxy) is 2. The first-order chi connectivity index (χ1) is 19.6. The van der Waals surface area contributed by atoms with E-state index in [2.05, 4.69) is 14.8 Å². The zero-order valence-corrected chi connectivity index (χ0v) is 21.4. The molecule has 0 spiro atoms. The Kier molecular flexibility index (Phi) is 8.65. The highest BCUT2D eigenvalue weighted by Gasteiger charge is 2.38. The smallest absolute Gasteiger partial charge is 0.406 e. The highest BCUT2D eigenvalue weighted by molar-refractivity contribution is 5.52. The van der Waals surface area contributed by atoms with Crippen LogP contribution in [0.25, 0.3) is 0 Å². The molecule has 0 bridgehead atoms. The Morgan fingerprint density at radius 2 is 1.02 bits per heavy atom. The standard InChI is InChI=1S/C30H22F9NO2/c31-28(32,33)23-11-4-12-24(15-23)40-19-27(18-20-7-2-1-3-8-20,21-9-5-13-25(16-21)41-29(34,35)36)22-10-6-14-26(17-22)42-30(37,38)39/h1-17,40H,18-19H2. The summed E-state index contributed by atoms with van der Waals surface area (Å²) >= 11 is 0. The van der Waals surface area contributed by atoms with Crippen LogP contribution in [0, 0.1) is 0 Å². The lowest BCUT2D eigenvalue weighted by molar-refractivity contribution is -0.275. The van der Waals surface area contributed by atoms with Crippen molar-refractivity contribution in [2.45, 2.75) is 30.7 Å². The van der Waals surface area contributed by atoms with Gasteiger partial charge in [0, 0.05) is 17.6 Å². The molecule has 0 aliphatic heterocycles. The number of halogens is 9. The molecule has 0 aliphatic carbocycles. The third-order valence-electron chi connectivity index (χ3n) is 6.37. The summed E-state index contributed by atoms with van der Waals surface area (Å²) in [6, 6.07) is 22.7. The number of benzene rings is 4. The molecule has 0 atom stereocenters. The second kappa shape index (κ2) is 11.9. The highest BCUT2D eigenvalue weighted by Crippen LogP contribution is 2.41. The van der Waals surface area contributed by atoms with E-state index in [4.69, 9.17) is 0 Å². The van der Waals surface area contributed by atoms with E-state index in [0.717, 1.165) is 36.4 Å². The molecule has 12 heteroatoms. The molecule has 0 aromatic heterocycles. The summed E-state index contributed by atoms with van der Waals surface area (Å²) in [5.74, 6) is -1.17. The molecule has 1 N–H and O–H groups in total. The van der Waals surface area contributed by atoms with Crippen LogP contribution in [0.15, 0.2) is 103 Å². The summed E-state index contributed by atoms with van der Waals surface area (Å²) in [6.07, 6.45) is -14.7. The van der Waals surface area contributed by atoms with Gasteiger partial charge >= 0.3 is 18.9 Å². The molecule has 0 amide bonds. The largest absolute Gasteiger partial charge is 0.573 e. The first-order valence-electron chi connectivity index (χ1n) is 12.3. The second-order valence-corrected chi connectivity index (χ2v) is 9.33. The second-order valence-electron chi connectivity index (χ2n) is 9.33. The van der Waals surface area contributed by atoms with Crippen molar-refractivity contribution in [1.29, 1.82) is 0 Å². The summed E-state index contributed by atoms with van der Waals surface area (Å²) < 4.78 is 127. The Bertz CT molecular complexity index is 1420. The minimum Gasteiger partial charge on any atom is -0.406 e. The van der Waals surface area contributed by atoms with Gasteiger partial charge in [0.1, 0.15) is 11.5 Å². The van der Waals surface area contributed by atoms with Crippen LogP contribution >= 0.6 is 0 Å². The fourth-order valence-electron chi connectivity index (χ4n) is 4.62. The third-order valence-corrected chi connectivity index (χ3v) is 6.37. The van der Waals surface area contributed by atoms with E-state index < -0.39 is 41.4 Å². The maximum Gasteiger partial charge on any atom is 0.573 e. The first kappa shape index (κ1) is 30.6. The maximum atomic E-state index is 13.4. The molecule has 4 rings (SSSR count). The Hall–Kier alpha value is -4.35. The summed E-state index contributed by atoms with van der Waals surface area (Å²) in [4.78, 5) is 0. The Morgan fingerprint density at radius 3 is 1.52 bits per heavy atom. The molecule has 0 saturated carbocycles. The lowest BCUT2D eigenvalue weighted by Crippen LogP contribution is -2.38. The molecule has 4 aromatic carbocycles. The van der Waals surface area contributed by atoms with Crippen molar-refractivity contribution in [2.75, 3.05) is 11.9 Å². The van der Waals surface area contributed by atoms with Gasteiger partial charge in [0.05, 0.1) is 5.56 Å². The summed E-state index contributed by atoms with van der Waals surface area (Å²) in [5.41, 5.74) is -1.32. The van der Waals surface area contributed by atoms with Crippen molar-refractivity contribution in [3.05, 3.63) is 125 Å². The van der Waals surface area contributed by atoms with Crippen LogP contribution in [0.5, 0.6) is 11.5 Å². The lowest BCUT2D eigenvalue weighted by atomic mass is 9.70. The Balaban J connectivity index is 1.90. The van der Waals surface area contributed by atoms with E-state index >= 15 is 0 Å². The van der Waals surface area contributed by atoms with Crippen LogP contribution in [0.1, 0.15) is 22.3 Å². The van der Waals surface area contributed by atoms with Crippen molar-refractivity contribution in [3.63, 3.8) is 0 Å². The molecule has 222 valence electrons. The van der Waals surface area contributed by atoms with E-state index in [-0.39, 0.29) is 29.8 Å². The summed E-state index contributed by atoms with van der Waals surface area (Å²) in [7, 11) is 0. The van der Waals surface area contributed by atoms with Crippen molar-refractivity contribution in [1.82, 2.24) is 0 Å². The van der Waals surface area contributed by atoms with Crippen LogP contribution < -0.4 is 14.8 Å². The summed E-state index contributed by atoms with van der Waals surface area (Å²) in [5, 5.41) is 2.92. The molecule has 0 heterocycles. The predicted octanol–water partition coefficient (Wildman–Crippen LogP) is 9.14. The van der Waals surface area contributed by atoms with Crippen molar-refractivity contribution in [2.24, 2.45) is 0 Å². The molecular formula is C30H22F9NO2. The number of alkyl halides is 9. The molecule has 42 heavy (non-hydrogen) atoms. The first-order valence-corrected chi connectivity index (χ1v) is 12.3. The van der Waals surface area contributed by atoms with E-state index in [0.29, 0.717) is 5.56 Å². The number of rotatable bonds is 9. The molecule has 4 aromatic rings. The highest BCUT2D eigenvalue weighted by atomic mass is 19.4. The molecule has 0 saturated heterocycles. The number of anilines is 1. The third kappa shape index (κ3) is 8.11. The van der Waals surface area contributed by atoms with Crippen LogP contribution in [0.4, 0.5) is 45.2 Å². The minimum atomic E-state index is -5.03. The molecule has 0 radical (unpaired) electrons. The van der Waals surface area contributed by atoms with Gasteiger partial charge in [-0.25, -0.2) is 0 Å². The van der Waals surface area contributed by atoms with E-state index in [9.17, 15) is 39.5 Å². The van der Waals surface area contributed by atoms with Crippen LogP contribution in [-0.2, 0) is 18.0 Å². The van der Waals surface area contributed by atoms with Crippen molar-refractivity contribution < 1.29 is 49.0 Å². The Labute approximate surface area is 234 Å². The fraction of sp³-hybridized carbons (Fsp3) is 0.200. The molecule has 3 nitrogen and oxygen atoms in total. The van der Waals surface area contributed by atoms with Gasteiger partial charge in [0.2, 0.25) is 0 Å². The number of nitrogens with one attached hydrogen (secondary N) is 1. The fourth-order valence-corrected chi connectivity index (χ4v) is 4.62. The number of hydrogen-bond donors (Lipinski definition) is 1. The van der Waals surface area contributed by atoms with Gasteiger partial charge in [-0.2, -0.15) is 13.2 Å². The minimum absolute atomic E-state index is 0.0186. The predicted molar refractivity (Wildman–Crippen MR) is 137 cm³/mol. The van der Waals surface area contributed by atoms with E-state index in [1.165, 1.54) is 36.4 Å². The van der Waals surface area contributed by atoms with E-state index in [1.807, 2.05) is 0 Å². The molecular weight excluding hydrogens is 577 g/mol. The zero-order chi connectivity index (χ0) is 30.6. The SMILES string of the molecule is FC(F)(F)Oc1cccc(C(CNc2cccc(C(F)(F)F)c2)(Cc2ccccc2)c2cccc(OC(F)(F)F)c2)c1. The molecule has 0 aliphatic rings. The van der Waals surface area contributed by atoms with Gasteiger partial charge in [0.15, 0.2) is 0 Å². The molecule has 0 unspecified atom stereocenters. The topological polar surface area (TPSA) is 30.5 Å². The van der Waals surface area contributed by atoms with Gasteiger partial charge in [0.25, 0.3) is 0 Å². The van der Waals surface area contributed by atoms with Gasteiger partial charge in [-0.1, -0.05) is 60.7 Å². The van der Waals surface area contributed by atoms with Crippen LogP contribution in [-0.4, -0.2) is 19.3 Å². The average molecular weight is 599 g/mol. The van der Waals surface area contributed by atoms with Gasteiger partial charge in [-0.3, -0.25) is 0 Å². The van der Waals surface area contributed by atoms with E-state index in [1.54, 1.807) is 30.3 Å². The quantitative estimate of drug-likeness (QED) is 0.195. The number of hydrogen-bond acceptors (Lipinski definition) is 3. The van der Waals surface area contributed by atoms with Gasteiger partial charge < -0.3 is 14.8 Å². The van der Waals surface area contributed by atoms with Gasteiger partial charge in [-0.05, 0) is 65.6 Å². The maximum absolute atomic E-state index is 13.4.